The molecule has 0 fully saturated rings. The minimum Gasteiger partial charge on any atom is -0.339 e. The maximum atomic E-state index is 12.6. The van der Waals surface area contributed by atoms with E-state index in [1.54, 1.807) is 19.9 Å². The first-order chi connectivity index (χ1) is 9.67. The van der Waals surface area contributed by atoms with Crippen LogP contribution in [0.1, 0.15) is 16.4 Å². The van der Waals surface area contributed by atoms with Crippen LogP contribution in [0.5, 0.6) is 0 Å². The zero-order valence-electron chi connectivity index (χ0n) is 12.5. The van der Waals surface area contributed by atoms with Crippen LogP contribution in [0.4, 0.5) is 13.2 Å². The van der Waals surface area contributed by atoms with Crippen LogP contribution in [-0.2, 0) is 13.1 Å². The van der Waals surface area contributed by atoms with Gasteiger partial charge >= 0.3 is 6.18 Å². The molecule has 3 nitrogen and oxygen atoms in total. The summed E-state index contributed by atoms with van der Waals surface area (Å²) in [7, 11) is 3.91. The summed E-state index contributed by atoms with van der Waals surface area (Å²) in [6.45, 7) is 3.17. The summed E-state index contributed by atoms with van der Waals surface area (Å²) in [5.74, 6) is 0. The van der Waals surface area contributed by atoms with Gasteiger partial charge in [0, 0.05) is 28.9 Å². The number of hydrogen-bond acceptors (Lipinski definition) is 3. The van der Waals surface area contributed by atoms with Gasteiger partial charge in [0.05, 0.1) is 5.69 Å². The highest BCUT2D eigenvalue weighted by molar-refractivity contribution is 7.09. The molecule has 0 bridgehead atoms. The number of aryl methyl sites for hydroxylation is 1. The zero-order chi connectivity index (χ0) is 15.8. The van der Waals surface area contributed by atoms with Crippen LogP contribution in [0.2, 0.25) is 0 Å². The lowest BCUT2D eigenvalue weighted by Crippen LogP contribution is -2.19. The summed E-state index contributed by atoms with van der Waals surface area (Å²) in [6.07, 6.45) is -4.22. The number of aromatic nitrogens is 2. The Labute approximate surface area is 126 Å². The van der Waals surface area contributed by atoms with Gasteiger partial charge < -0.3 is 9.47 Å². The molecule has 116 valence electrons. The van der Waals surface area contributed by atoms with Gasteiger partial charge in [0.15, 0.2) is 0 Å². The molecule has 0 aliphatic rings. The van der Waals surface area contributed by atoms with Gasteiger partial charge in [-0.05, 0) is 34.0 Å². The fourth-order valence-electron chi connectivity index (χ4n) is 2.26. The molecule has 0 spiro atoms. The highest BCUT2D eigenvalue weighted by Gasteiger charge is 2.29. The molecule has 21 heavy (non-hydrogen) atoms. The molecule has 0 aliphatic heterocycles. The average Bonchev–Trinajstić information content (AvgIpc) is 2.87. The first-order valence-electron chi connectivity index (χ1n) is 6.50. The molecular weight excluding hydrogens is 299 g/mol. The van der Waals surface area contributed by atoms with Crippen molar-refractivity contribution in [1.82, 2.24) is 14.5 Å². The standard InChI is InChI=1S/C14H18F3N3S/c1-9-5-11(10(2)20(9)8-14(15,16)17)12-7-21-13(18-12)6-19(3)4/h5,7H,6,8H2,1-4H3. The second kappa shape index (κ2) is 5.81. The fourth-order valence-corrected chi connectivity index (χ4v) is 3.17. The van der Waals surface area contributed by atoms with Crippen LogP contribution in [0.15, 0.2) is 11.4 Å². The van der Waals surface area contributed by atoms with Crippen LogP contribution in [-0.4, -0.2) is 34.7 Å². The molecule has 2 aromatic heterocycles. The van der Waals surface area contributed by atoms with E-state index in [2.05, 4.69) is 4.98 Å². The summed E-state index contributed by atoms with van der Waals surface area (Å²) in [6, 6.07) is 1.77. The van der Waals surface area contributed by atoms with E-state index in [1.807, 2.05) is 24.4 Å². The molecule has 2 aromatic rings. The maximum Gasteiger partial charge on any atom is 0.406 e. The molecule has 2 rings (SSSR count). The van der Waals surface area contributed by atoms with E-state index in [0.29, 0.717) is 11.4 Å². The monoisotopic (exact) mass is 317 g/mol. The Hall–Kier alpha value is -1.34. The lowest BCUT2D eigenvalue weighted by Gasteiger charge is -2.12. The molecule has 7 heteroatoms. The largest absolute Gasteiger partial charge is 0.406 e. The lowest BCUT2D eigenvalue weighted by molar-refractivity contribution is -0.141. The third kappa shape index (κ3) is 3.85. The van der Waals surface area contributed by atoms with Crippen molar-refractivity contribution in [2.24, 2.45) is 0 Å². The van der Waals surface area contributed by atoms with E-state index in [4.69, 9.17) is 0 Å². The molecule has 0 radical (unpaired) electrons. The first kappa shape index (κ1) is 16.0. The number of rotatable bonds is 4. The third-order valence-corrected chi connectivity index (χ3v) is 4.02. The number of hydrogen-bond donors (Lipinski definition) is 0. The Bertz CT molecular complexity index is 626. The van der Waals surface area contributed by atoms with Crippen molar-refractivity contribution in [2.75, 3.05) is 14.1 Å². The SMILES string of the molecule is Cc1cc(-c2csc(CN(C)C)n2)c(C)n1CC(F)(F)F. The lowest BCUT2D eigenvalue weighted by atomic mass is 10.2. The highest BCUT2D eigenvalue weighted by Crippen LogP contribution is 2.30. The molecule has 0 saturated carbocycles. The van der Waals surface area contributed by atoms with E-state index in [0.717, 1.165) is 22.8 Å². The van der Waals surface area contributed by atoms with Crippen molar-refractivity contribution in [2.45, 2.75) is 33.1 Å². The van der Waals surface area contributed by atoms with E-state index in [-0.39, 0.29) is 0 Å². The van der Waals surface area contributed by atoms with Gasteiger partial charge in [-0.15, -0.1) is 11.3 Å². The normalized spacial score (nSPS) is 12.4. The fraction of sp³-hybridized carbons (Fsp3) is 0.500. The summed E-state index contributed by atoms with van der Waals surface area (Å²) in [5.41, 5.74) is 2.73. The van der Waals surface area contributed by atoms with E-state index in [9.17, 15) is 13.2 Å². The molecule has 0 aromatic carbocycles. The van der Waals surface area contributed by atoms with Gasteiger partial charge in [-0.3, -0.25) is 0 Å². The van der Waals surface area contributed by atoms with Crippen molar-refractivity contribution in [3.05, 3.63) is 27.8 Å². The summed E-state index contributed by atoms with van der Waals surface area (Å²) >= 11 is 1.53. The van der Waals surface area contributed by atoms with Gasteiger partial charge in [-0.2, -0.15) is 13.2 Å². The van der Waals surface area contributed by atoms with Crippen molar-refractivity contribution < 1.29 is 13.2 Å². The number of halogens is 3. The average molecular weight is 317 g/mol. The van der Waals surface area contributed by atoms with Crippen LogP contribution in [0.25, 0.3) is 11.3 Å². The van der Waals surface area contributed by atoms with Crippen LogP contribution >= 0.6 is 11.3 Å². The summed E-state index contributed by atoms with van der Waals surface area (Å²) in [4.78, 5) is 6.52. The van der Waals surface area contributed by atoms with Gasteiger partial charge in [0.1, 0.15) is 11.6 Å². The summed E-state index contributed by atoms with van der Waals surface area (Å²) in [5, 5.41) is 2.86. The van der Waals surface area contributed by atoms with E-state index >= 15 is 0 Å². The molecular formula is C14H18F3N3S. The molecule has 0 atom stereocenters. The highest BCUT2D eigenvalue weighted by atomic mass is 32.1. The number of nitrogens with zero attached hydrogens (tertiary/aromatic N) is 3. The molecule has 0 N–H and O–H groups in total. The first-order valence-corrected chi connectivity index (χ1v) is 7.38. The Morgan fingerprint density at radius 3 is 2.52 bits per heavy atom. The smallest absolute Gasteiger partial charge is 0.339 e. The number of alkyl halides is 3. The zero-order valence-corrected chi connectivity index (χ0v) is 13.3. The Morgan fingerprint density at radius 1 is 1.29 bits per heavy atom. The molecule has 0 amide bonds. The van der Waals surface area contributed by atoms with Gasteiger partial charge in [-0.1, -0.05) is 0 Å². The second-order valence-corrected chi connectivity index (χ2v) is 6.29. The molecule has 0 saturated heterocycles. The topological polar surface area (TPSA) is 21.1 Å². The predicted molar refractivity (Wildman–Crippen MR) is 78.5 cm³/mol. The molecule has 0 unspecified atom stereocenters. The quantitative estimate of drug-likeness (QED) is 0.854. The minimum absolute atomic E-state index is 0.599. The van der Waals surface area contributed by atoms with Crippen LogP contribution < -0.4 is 0 Å². The van der Waals surface area contributed by atoms with E-state index < -0.39 is 12.7 Å². The number of thiazole rings is 1. The Balaban J connectivity index is 2.33. The maximum absolute atomic E-state index is 12.6. The molecule has 2 heterocycles. The van der Waals surface area contributed by atoms with Crippen LogP contribution in [0, 0.1) is 13.8 Å². The molecule has 0 aliphatic carbocycles. The third-order valence-electron chi connectivity index (χ3n) is 3.19. The van der Waals surface area contributed by atoms with Gasteiger partial charge in [0.25, 0.3) is 0 Å². The van der Waals surface area contributed by atoms with Crippen molar-refractivity contribution in [1.29, 1.82) is 0 Å². The van der Waals surface area contributed by atoms with Crippen molar-refractivity contribution >= 4 is 11.3 Å². The van der Waals surface area contributed by atoms with Crippen molar-refractivity contribution in [3.8, 4) is 11.3 Å². The van der Waals surface area contributed by atoms with Gasteiger partial charge in [-0.25, -0.2) is 4.98 Å². The van der Waals surface area contributed by atoms with Crippen molar-refractivity contribution in [3.63, 3.8) is 0 Å². The second-order valence-electron chi connectivity index (χ2n) is 5.35. The van der Waals surface area contributed by atoms with Crippen LogP contribution in [0.3, 0.4) is 0 Å². The Kier molecular flexibility index (Phi) is 4.43. The Morgan fingerprint density at radius 2 is 1.95 bits per heavy atom. The minimum atomic E-state index is -4.22. The predicted octanol–water partition coefficient (Wildman–Crippen LogP) is 3.85. The summed E-state index contributed by atoms with van der Waals surface area (Å²) < 4.78 is 39.2. The van der Waals surface area contributed by atoms with Gasteiger partial charge in [0.2, 0.25) is 0 Å². The van der Waals surface area contributed by atoms with E-state index in [1.165, 1.54) is 15.9 Å².